The van der Waals surface area contributed by atoms with Crippen LogP contribution in [0.3, 0.4) is 0 Å². The first kappa shape index (κ1) is 19.2. The number of hydrogen-bond donors (Lipinski definition) is 3. The van der Waals surface area contributed by atoms with E-state index in [0.29, 0.717) is 18.0 Å². The van der Waals surface area contributed by atoms with Gasteiger partial charge >= 0.3 is 6.03 Å². The molecule has 1 aliphatic carbocycles. The number of anilines is 1. The number of urea groups is 1. The molecular weight excluding hydrogens is 344 g/mol. The molecule has 27 heavy (non-hydrogen) atoms. The van der Waals surface area contributed by atoms with Gasteiger partial charge < -0.3 is 16.8 Å². The Morgan fingerprint density at radius 1 is 1.15 bits per heavy atom. The molecular formula is C20H28N4O3. The van der Waals surface area contributed by atoms with E-state index in [2.05, 4.69) is 11.4 Å². The second-order valence-corrected chi connectivity index (χ2v) is 7.68. The van der Waals surface area contributed by atoms with Crippen LogP contribution in [0.15, 0.2) is 18.2 Å². The van der Waals surface area contributed by atoms with E-state index in [4.69, 9.17) is 11.5 Å². The third-order valence-corrected chi connectivity index (χ3v) is 5.81. The van der Waals surface area contributed by atoms with Crippen molar-refractivity contribution < 1.29 is 14.4 Å². The Labute approximate surface area is 159 Å². The van der Waals surface area contributed by atoms with Gasteiger partial charge in [-0.05, 0) is 55.2 Å². The molecule has 1 heterocycles. The van der Waals surface area contributed by atoms with Crippen LogP contribution in [0.1, 0.15) is 62.0 Å². The van der Waals surface area contributed by atoms with Crippen molar-refractivity contribution >= 4 is 23.5 Å². The van der Waals surface area contributed by atoms with Gasteiger partial charge in [-0.3, -0.25) is 14.5 Å². The molecule has 1 aliphatic heterocycles. The number of carbonyl (C=O) groups is 3. The Morgan fingerprint density at radius 2 is 1.85 bits per heavy atom. The number of amides is 4. The van der Waals surface area contributed by atoms with Crippen molar-refractivity contribution in [3.63, 3.8) is 0 Å². The lowest BCUT2D eigenvalue weighted by Crippen LogP contribution is -2.59. The molecule has 3 rings (SSSR count). The van der Waals surface area contributed by atoms with Gasteiger partial charge in [-0.2, -0.15) is 0 Å². The Bertz CT molecular complexity index is 743. The molecule has 2 unspecified atom stereocenters. The Kier molecular flexibility index (Phi) is 5.68. The smallest absolute Gasteiger partial charge is 0.314 e. The lowest BCUT2D eigenvalue weighted by Gasteiger charge is -2.33. The molecule has 0 saturated heterocycles. The molecule has 7 nitrogen and oxygen atoms in total. The van der Waals surface area contributed by atoms with Crippen molar-refractivity contribution in [3.05, 3.63) is 29.3 Å². The van der Waals surface area contributed by atoms with Gasteiger partial charge in [0.2, 0.25) is 5.91 Å². The first-order chi connectivity index (χ1) is 12.9. The molecule has 0 radical (unpaired) electrons. The summed E-state index contributed by atoms with van der Waals surface area (Å²) in [7, 11) is 0. The Morgan fingerprint density at radius 3 is 2.48 bits per heavy atom. The van der Waals surface area contributed by atoms with Crippen molar-refractivity contribution in [3.8, 4) is 0 Å². The fourth-order valence-electron chi connectivity index (χ4n) is 4.57. The van der Waals surface area contributed by atoms with Crippen molar-refractivity contribution in [2.45, 2.75) is 64.0 Å². The fraction of sp³-hybridized carbons (Fsp3) is 0.550. The number of rotatable bonds is 4. The first-order valence-corrected chi connectivity index (χ1v) is 9.66. The molecule has 1 fully saturated rings. The summed E-state index contributed by atoms with van der Waals surface area (Å²) >= 11 is 0. The summed E-state index contributed by atoms with van der Waals surface area (Å²) in [5.41, 5.74) is 13.4. The van der Waals surface area contributed by atoms with Gasteiger partial charge in [0.15, 0.2) is 6.17 Å². The van der Waals surface area contributed by atoms with Crippen molar-refractivity contribution in [2.24, 2.45) is 17.4 Å². The average Bonchev–Trinajstić information content (AvgIpc) is 2.76. The summed E-state index contributed by atoms with van der Waals surface area (Å²) in [4.78, 5) is 37.7. The van der Waals surface area contributed by atoms with Gasteiger partial charge in [0.25, 0.3) is 5.91 Å². The number of nitrogens with zero attached hydrogens (tertiary/aromatic N) is 1. The van der Waals surface area contributed by atoms with Crippen molar-refractivity contribution in [1.82, 2.24) is 5.32 Å². The minimum absolute atomic E-state index is 0.224. The minimum Gasteiger partial charge on any atom is -0.366 e. The summed E-state index contributed by atoms with van der Waals surface area (Å²) in [6.07, 6.45) is 5.76. The van der Waals surface area contributed by atoms with Crippen molar-refractivity contribution in [2.75, 3.05) is 4.90 Å². The quantitative estimate of drug-likeness (QED) is 0.752. The SMILES string of the molecule is Cc1ccc2c(c1)N(C(NC(N)=O)C(N)=O)C(=O)CCC2C1CCCCC1. The molecule has 0 spiro atoms. The van der Waals surface area contributed by atoms with Gasteiger partial charge in [-0.15, -0.1) is 0 Å². The molecule has 1 saturated carbocycles. The maximum atomic E-state index is 13.0. The second-order valence-electron chi connectivity index (χ2n) is 7.68. The number of nitrogens with one attached hydrogen (secondary N) is 1. The maximum absolute atomic E-state index is 13.0. The number of carbonyl (C=O) groups excluding carboxylic acids is 3. The van der Waals surface area contributed by atoms with Crippen LogP contribution in [0, 0.1) is 12.8 Å². The van der Waals surface area contributed by atoms with E-state index < -0.39 is 18.1 Å². The van der Waals surface area contributed by atoms with Crippen LogP contribution < -0.4 is 21.7 Å². The summed E-state index contributed by atoms with van der Waals surface area (Å²) in [6.45, 7) is 1.93. The van der Waals surface area contributed by atoms with Crippen LogP contribution in [0.5, 0.6) is 0 Å². The lowest BCUT2D eigenvalue weighted by molar-refractivity contribution is -0.125. The number of benzene rings is 1. The summed E-state index contributed by atoms with van der Waals surface area (Å²) < 4.78 is 0. The van der Waals surface area contributed by atoms with Gasteiger partial charge in [-0.1, -0.05) is 31.4 Å². The van der Waals surface area contributed by atoms with Gasteiger partial charge in [0.1, 0.15) is 0 Å². The normalized spacial score (nSPS) is 21.9. The number of primary amides is 2. The number of hydrogen-bond acceptors (Lipinski definition) is 3. The summed E-state index contributed by atoms with van der Waals surface area (Å²) in [5.74, 6) is -0.246. The van der Waals surface area contributed by atoms with E-state index >= 15 is 0 Å². The number of nitrogens with two attached hydrogens (primary N) is 2. The van der Waals surface area contributed by atoms with Gasteiger partial charge in [0, 0.05) is 6.42 Å². The predicted octanol–water partition coefficient (Wildman–Crippen LogP) is 2.27. The van der Waals surface area contributed by atoms with Crippen LogP contribution in [0.25, 0.3) is 0 Å². The largest absolute Gasteiger partial charge is 0.366 e. The fourth-order valence-corrected chi connectivity index (χ4v) is 4.57. The minimum atomic E-state index is -1.29. The summed E-state index contributed by atoms with van der Waals surface area (Å²) in [6, 6.07) is 5.09. The van der Waals surface area contributed by atoms with E-state index in [1.54, 1.807) is 0 Å². The van der Waals surface area contributed by atoms with Crippen LogP contribution in [0.4, 0.5) is 10.5 Å². The molecule has 7 heteroatoms. The standard InChI is InChI=1S/C20H28N4O3/c1-12-7-8-15-14(13-5-3-2-4-6-13)9-10-17(25)24(16(15)11-12)19(18(21)26)23-20(22)27/h7-8,11,13-14,19H,2-6,9-10H2,1H3,(H2,21,26)(H3,22,23,27). The van der Waals surface area contributed by atoms with Crippen LogP contribution in [0.2, 0.25) is 0 Å². The van der Waals surface area contributed by atoms with Crippen molar-refractivity contribution in [1.29, 1.82) is 0 Å². The first-order valence-electron chi connectivity index (χ1n) is 9.66. The third kappa shape index (κ3) is 4.07. The van der Waals surface area contributed by atoms with Gasteiger partial charge in [0.05, 0.1) is 5.69 Å². The lowest BCUT2D eigenvalue weighted by atomic mass is 9.74. The Hall–Kier alpha value is -2.57. The topological polar surface area (TPSA) is 119 Å². The molecule has 146 valence electrons. The molecule has 0 aromatic heterocycles. The Balaban J connectivity index is 2.07. The van der Waals surface area contributed by atoms with E-state index in [9.17, 15) is 14.4 Å². The second kappa shape index (κ2) is 7.98. The average molecular weight is 372 g/mol. The monoisotopic (exact) mass is 372 g/mol. The highest BCUT2D eigenvalue weighted by Gasteiger charge is 2.38. The predicted molar refractivity (Wildman–Crippen MR) is 103 cm³/mol. The van der Waals surface area contributed by atoms with Crippen LogP contribution in [-0.4, -0.2) is 24.0 Å². The van der Waals surface area contributed by atoms with E-state index in [1.165, 1.54) is 24.2 Å². The van der Waals surface area contributed by atoms with E-state index in [0.717, 1.165) is 30.4 Å². The van der Waals surface area contributed by atoms with E-state index in [1.807, 2.05) is 19.1 Å². The number of fused-ring (bicyclic) bond motifs is 1. The van der Waals surface area contributed by atoms with E-state index in [-0.39, 0.29) is 11.8 Å². The maximum Gasteiger partial charge on any atom is 0.314 e. The zero-order chi connectivity index (χ0) is 19.6. The highest BCUT2D eigenvalue weighted by atomic mass is 16.2. The zero-order valence-corrected chi connectivity index (χ0v) is 15.7. The van der Waals surface area contributed by atoms with Gasteiger partial charge in [-0.25, -0.2) is 4.79 Å². The third-order valence-electron chi connectivity index (χ3n) is 5.81. The summed E-state index contributed by atoms with van der Waals surface area (Å²) in [5, 5.41) is 2.33. The molecule has 2 aliphatic rings. The molecule has 1 aromatic carbocycles. The van der Waals surface area contributed by atoms with Crippen LogP contribution in [-0.2, 0) is 9.59 Å². The molecule has 0 bridgehead atoms. The highest BCUT2D eigenvalue weighted by molar-refractivity contribution is 6.02. The molecule has 2 atom stereocenters. The molecule has 5 N–H and O–H groups in total. The molecule has 4 amide bonds. The van der Waals surface area contributed by atoms with Crippen LogP contribution >= 0.6 is 0 Å². The number of aryl methyl sites for hydroxylation is 1. The highest BCUT2D eigenvalue weighted by Crippen LogP contribution is 2.44. The molecule has 1 aromatic rings. The zero-order valence-electron chi connectivity index (χ0n) is 15.7.